The summed E-state index contributed by atoms with van der Waals surface area (Å²) in [5, 5.41) is 1.98. The molecular weight excluding hydrogens is 260 g/mol. The number of pyridine rings is 1. The summed E-state index contributed by atoms with van der Waals surface area (Å²) in [5.74, 6) is -0.414. The van der Waals surface area contributed by atoms with Crippen molar-refractivity contribution in [1.29, 1.82) is 0 Å². The van der Waals surface area contributed by atoms with Crippen LogP contribution in [0.4, 0.5) is 5.69 Å². The Morgan fingerprint density at radius 1 is 1.47 bits per heavy atom. The van der Waals surface area contributed by atoms with Gasteiger partial charge in [-0.1, -0.05) is 0 Å². The summed E-state index contributed by atoms with van der Waals surface area (Å²) in [6, 6.07) is 3.59. The summed E-state index contributed by atoms with van der Waals surface area (Å²) in [5.41, 5.74) is 8.33. The highest BCUT2D eigenvalue weighted by molar-refractivity contribution is 7.10. The number of nitrogens with zero attached hydrogens (tertiary/aromatic N) is 1. The monoisotopic (exact) mass is 276 g/mol. The van der Waals surface area contributed by atoms with E-state index in [2.05, 4.69) is 4.98 Å². The van der Waals surface area contributed by atoms with Gasteiger partial charge in [0.05, 0.1) is 23.0 Å². The van der Waals surface area contributed by atoms with Gasteiger partial charge in [0, 0.05) is 22.0 Å². The molecule has 0 amide bonds. The molecule has 2 aromatic rings. The SMILES string of the molecule is Cc1cc(-c2nccc(C(=O)OC(C)C)c2N)cs1. The van der Waals surface area contributed by atoms with Crippen LogP contribution in [0, 0.1) is 6.92 Å². The quantitative estimate of drug-likeness (QED) is 0.874. The molecular formula is C14H16N2O2S. The van der Waals surface area contributed by atoms with E-state index in [4.69, 9.17) is 10.5 Å². The molecule has 0 saturated heterocycles. The molecule has 0 atom stereocenters. The fraction of sp³-hybridized carbons (Fsp3) is 0.286. The Kier molecular flexibility index (Phi) is 3.85. The lowest BCUT2D eigenvalue weighted by molar-refractivity contribution is 0.0379. The van der Waals surface area contributed by atoms with Crippen molar-refractivity contribution in [2.24, 2.45) is 0 Å². The van der Waals surface area contributed by atoms with Gasteiger partial charge in [-0.2, -0.15) is 0 Å². The minimum absolute atomic E-state index is 0.174. The minimum atomic E-state index is -0.414. The van der Waals surface area contributed by atoms with E-state index in [0.29, 0.717) is 16.9 Å². The Balaban J connectivity index is 2.41. The molecule has 0 bridgehead atoms. The van der Waals surface area contributed by atoms with Crippen LogP contribution in [-0.2, 0) is 4.74 Å². The normalized spacial score (nSPS) is 10.7. The molecule has 0 aliphatic rings. The molecule has 0 spiro atoms. The second-order valence-corrected chi connectivity index (χ2v) is 5.64. The van der Waals surface area contributed by atoms with Gasteiger partial charge < -0.3 is 10.5 Å². The Morgan fingerprint density at radius 3 is 2.79 bits per heavy atom. The van der Waals surface area contributed by atoms with Crippen LogP contribution in [0.2, 0.25) is 0 Å². The predicted molar refractivity (Wildman–Crippen MR) is 77.3 cm³/mol. The van der Waals surface area contributed by atoms with Gasteiger partial charge in [-0.25, -0.2) is 4.79 Å². The van der Waals surface area contributed by atoms with E-state index in [1.54, 1.807) is 37.4 Å². The molecule has 19 heavy (non-hydrogen) atoms. The van der Waals surface area contributed by atoms with Gasteiger partial charge in [-0.05, 0) is 32.9 Å². The van der Waals surface area contributed by atoms with Crippen LogP contribution in [0.1, 0.15) is 29.1 Å². The maximum absolute atomic E-state index is 11.9. The number of carbonyl (C=O) groups excluding carboxylic acids is 1. The molecule has 2 rings (SSSR count). The van der Waals surface area contributed by atoms with Crippen LogP contribution in [0.3, 0.4) is 0 Å². The average molecular weight is 276 g/mol. The summed E-state index contributed by atoms with van der Waals surface area (Å²) in [7, 11) is 0. The van der Waals surface area contributed by atoms with Crippen molar-refractivity contribution >= 4 is 23.0 Å². The minimum Gasteiger partial charge on any atom is -0.459 e. The Labute approximate surface area is 116 Å². The number of hydrogen-bond acceptors (Lipinski definition) is 5. The number of nitrogens with two attached hydrogens (primary N) is 1. The second-order valence-electron chi connectivity index (χ2n) is 4.52. The van der Waals surface area contributed by atoms with Crippen molar-refractivity contribution in [2.45, 2.75) is 26.9 Å². The van der Waals surface area contributed by atoms with E-state index < -0.39 is 5.97 Å². The van der Waals surface area contributed by atoms with Gasteiger partial charge >= 0.3 is 5.97 Å². The highest BCUT2D eigenvalue weighted by atomic mass is 32.1. The first-order valence-electron chi connectivity index (χ1n) is 6.00. The van der Waals surface area contributed by atoms with Gasteiger partial charge in [0.2, 0.25) is 0 Å². The number of hydrogen-bond donors (Lipinski definition) is 1. The zero-order chi connectivity index (χ0) is 14.0. The number of aryl methyl sites for hydroxylation is 1. The first kappa shape index (κ1) is 13.5. The summed E-state index contributed by atoms with van der Waals surface area (Å²) in [6.45, 7) is 5.62. The molecule has 0 aromatic carbocycles. The lowest BCUT2D eigenvalue weighted by Crippen LogP contribution is -2.14. The predicted octanol–water partition coefficient (Wildman–Crippen LogP) is 3.27. The summed E-state index contributed by atoms with van der Waals surface area (Å²) in [4.78, 5) is 17.4. The average Bonchev–Trinajstić information content (AvgIpc) is 2.75. The van der Waals surface area contributed by atoms with Crippen LogP contribution in [0.5, 0.6) is 0 Å². The third-order valence-corrected chi connectivity index (χ3v) is 3.42. The largest absolute Gasteiger partial charge is 0.459 e. The van der Waals surface area contributed by atoms with Crippen molar-refractivity contribution in [1.82, 2.24) is 4.98 Å². The third kappa shape index (κ3) is 2.93. The van der Waals surface area contributed by atoms with Crippen molar-refractivity contribution in [3.8, 4) is 11.3 Å². The third-order valence-electron chi connectivity index (χ3n) is 2.56. The van der Waals surface area contributed by atoms with Crippen molar-refractivity contribution in [2.75, 3.05) is 5.73 Å². The maximum atomic E-state index is 11.9. The van der Waals surface area contributed by atoms with Crippen LogP contribution < -0.4 is 5.73 Å². The van der Waals surface area contributed by atoms with Gasteiger partial charge in [0.15, 0.2) is 0 Å². The summed E-state index contributed by atoms with van der Waals surface area (Å²) in [6.07, 6.45) is 1.40. The van der Waals surface area contributed by atoms with E-state index in [1.165, 1.54) is 4.88 Å². The van der Waals surface area contributed by atoms with E-state index in [-0.39, 0.29) is 6.10 Å². The highest BCUT2D eigenvalue weighted by Gasteiger charge is 2.17. The Bertz CT molecular complexity index is 605. The lowest BCUT2D eigenvalue weighted by atomic mass is 10.1. The molecule has 4 nitrogen and oxygen atoms in total. The van der Waals surface area contributed by atoms with Gasteiger partial charge in [0.1, 0.15) is 0 Å². The molecule has 0 aliphatic heterocycles. The molecule has 5 heteroatoms. The lowest BCUT2D eigenvalue weighted by Gasteiger charge is -2.11. The van der Waals surface area contributed by atoms with Crippen LogP contribution in [-0.4, -0.2) is 17.1 Å². The van der Waals surface area contributed by atoms with Crippen molar-refractivity contribution in [3.05, 3.63) is 34.2 Å². The number of carbonyl (C=O) groups is 1. The van der Waals surface area contributed by atoms with Crippen molar-refractivity contribution in [3.63, 3.8) is 0 Å². The summed E-state index contributed by atoms with van der Waals surface area (Å²) >= 11 is 1.62. The Hall–Kier alpha value is -1.88. The number of rotatable bonds is 3. The number of nitrogen functional groups attached to an aromatic ring is 1. The molecule has 0 fully saturated rings. The standard InChI is InChI=1S/C14H16N2O2S/c1-8(2)18-14(17)11-4-5-16-13(12(11)15)10-6-9(3)19-7-10/h4-8H,15H2,1-3H3. The molecule has 2 heterocycles. The van der Waals surface area contributed by atoms with Gasteiger partial charge in [-0.3, -0.25) is 4.98 Å². The number of esters is 1. The Morgan fingerprint density at radius 2 is 2.21 bits per heavy atom. The highest BCUT2D eigenvalue weighted by Crippen LogP contribution is 2.30. The molecule has 0 saturated carbocycles. The number of aromatic nitrogens is 1. The van der Waals surface area contributed by atoms with E-state index in [0.717, 1.165) is 5.56 Å². The van der Waals surface area contributed by atoms with Crippen molar-refractivity contribution < 1.29 is 9.53 Å². The molecule has 0 radical (unpaired) electrons. The topological polar surface area (TPSA) is 65.2 Å². The summed E-state index contributed by atoms with van der Waals surface area (Å²) < 4.78 is 5.17. The van der Waals surface area contributed by atoms with Crippen LogP contribution in [0.15, 0.2) is 23.7 Å². The molecule has 0 aliphatic carbocycles. The van der Waals surface area contributed by atoms with Gasteiger partial charge in [-0.15, -0.1) is 11.3 Å². The molecule has 2 aromatic heterocycles. The van der Waals surface area contributed by atoms with Crippen LogP contribution in [0.25, 0.3) is 11.3 Å². The van der Waals surface area contributed by atoms with E-state index in [1.807, 2.05) is 18.4 Å². The first-order valence-corrected chi connectivity index (χ1v) is 6.88. The van der Waals surface area contributed by atoms with E-state index in [9.17, 15) is 4.79 Å². The number of ether oxygens (including phenoxy) is 1. The fourth-order valence-corrected chi connectivity index (χ4v) is 2.41. The molecule has 2 N–H and O–H groups in total. The van der Waals surface area contributed by atoms with E-state index >= 15 is 0 Å². The smallest absolute Gasteiger partial charge is 0.340 e. The molecule has 100 valence electrons. The fourth-order valence-electron chi connectivity index (χ4n) is 1.73. The number of anilines is 1. The molecule has 0 unspecified atom stereocenters. The zero-order valence-electron chi connectivity index (χ0n) is 11.1. The number of thiophene rings is 1. The first-order chi connectivity index (χ1) is 8.99. The second kappa shape index (κ2) is 5.40. The maximum Gasteiger partial charge on any atom is 0.340 e. The zero-order valence-corrected chi connectivity index (χ0v) is 12.0. The van der Waals surface area contributed by atoms with Crippen LogP contribution >= 0.6 is 11.3 Å². The van der Waals surface area contributed by atoms with Gasteiger partial charge in [0.25, 0.3) is 0 Å².